The number of benzene rings is 1. The molecule has 0 unspecified atom stereocenters. The molecule has 1 heterocycles. The molecule has 8 nitrogen and oxygen atoms in total. The van der Waals surface area contributed by atoms with E-state index >= 15 is 0 Å². The van der Waals surface area contributed by atoms with E-state index in [-0.39, 0.29) is 36.3 Å². The van der Waals surface area contributed by atoms with E-state index < -0.39 is 15.4 Å². The highest BCUT2D eigenvalue weighted by atomic mass is 32.2. The van der Waals surface area contributed by atoms with Gasteiger partial charge in [0.1, 0.15) is 16.4 Å². The fourth-order valence-corrected chi connectivity index (χ4v) is 5.70. The van der Waals surface area contributed by atoms with Crippen molar-refractivity contribution in [3.8, 4) is 0 Å². The van der Waals surface area contributed by atoms with Crippen LogP contribution in [-0.2, 0) is 20.2 Å². The number of hydrogen-bond donors (Lipinski definition) is 0. The van der Waals surface area contributed by atoms with Gasteiger partial charge in [0.25, 0.3) is 0 Å². The summed E-state index contributed by atoms with van der Waals surface area (Å²) in [6.45, 7) is 0.630. The Balaban J connectivity index is 1.88. The largest absolute Gasteiger partial charge is 0.347 e. The summed E-state index contributed by atoms with van der Waals surface area (Å²) < 4.78 is 23.4. The molecule has 178 valence electrons. The van der Waals surface area contributed by atoms with Crippen molar-refractivity contribution >= 4 is 21.8 Å². The first-order chi connectivity index (χ1) is 14.9. The number of urea groups is 1. The lowest BCUT2D eigenvalue weighted by atomic mass is 9.68. The molecular weight excluding hydrogens is 428 g/mol. The Bertz CT molecular complexity index is 938. The predicted octanol–water partition coefficient (Wildman–Crippen LogP) is 1.63. The Hall–Kier alpha value is -2.13. The number of hydrogen-bond acceptors (Lipinski definition) is 5. The molecule has 3 amide bonds. The highest BCUT2D eigenvalue weighted by molar-refractivity contribution is 7.90. The van der Waals surface area contributed by atoms with Crippen LogP contribution in [0.1, 0.15) is 31.2 Å². The van der Waals surface area contributed by atoms with Gasteiger partial charge in [-0.1, -0.05) is 30.3 Å². The number of sulfone groups is 1. The van der Waals surface area contributed by atoms with Gasteiger partial charge in [-0.05, 0) is 45.3 Å². The molecule has 1 saturated heterocycles. The van der Waals surface area contributed by atoms with Gasteiger partial charge in [0.05, 0.1) is 11.3 Å². The molecule has 1 spiro atoms. The van der Waals surface area contributed by atoms with Crippen molar-refractivity contribution in [2.24, 2.45) is 0 Å². The minimum absolute atomic E-state index is 0.0154. The Morgan fingerprint density at radius 2 is 1.62 bits per heavy atom. The Kier molecular flexibility index (Phi) is 6.91. The van der Waals surface area contributed by atoms with E-state index in [1.807, 2.05) is 6.07 Å². The highest BCUT2D eigenvalue weighted by Crippen LogP contribution is 2.48. The van der Waals surface area contributed by atoms with Crippen molar-refractivity contribution in [1.29, 1.82) is 0 Å². The molecule has 0 radical (unpaired) electrons. The molecule has 2 aliphatic rings. The molecule has 1 aliphatic carbocycles. The zero-order valence-corrected chi connectivity index (χ0v) is 20.7. The van der Waals surface area contributed by atoms with Crippen LogP contribution in [0.25, 0.3) is 0 Å². The Morgan fingerprint density at radius 1 is 1.03 bits per heavy atom. The predicted molar refractivity (Wildman–Crippen MR) is 125 cm³/mol. The van der Waals surface area contributed by atoms with Crippen molar-refractivity contribution in [1.82, 2.24) is 19.6 Å². The second-order valence-electron chi connectivity index (χ2n) is 9.72. The minimum Gasteiger partial charge on any atom is -0.347 e. The highest BCUT2D eigenvalue weighted by Gasteiger charge is 2.54. The quantitative estimate of drug-likeness (QED) is 0.613. The summed E-state index contributed by atoms with van der Waals surface area (Å²) >= 11 is 0. The van der Waals surface area contributed by atoms with Crippen LogP contribution in [0.3, 0.4) is 0 Å². The maximum atomic E-state index is 13.3. The summed E-state index contributed by atoms with van der Waals surface area (Å²) in [5.41, 5.74) is 0.663. The molecule has 0 N–H and O–H groups in total. The first-order valence-corrected chi connectivity index (χ1v) is 13.1. The molecule has 1 aromatic carbocycles. The lowest BCUT2D eigenvalue weighted by molar-refractivity contribution is -0.130. The van der Waals surface area contributed by atoms with Crippen molar-refractivity contribution < 1.29 is 18.0 Å². The van der Waals surface area contributed by atoms with Gasteiger partial charge in [-0.15, -0.1) is 0 Å². The van der Waals surface area contributed by atoms with E-state index in [1.54, 1.807) is 23.9 Å². The zero-order valence-electron chi connectivity index (χ0n) is 19.9. The molecule has 1 aromatic rings. The summed E-state index contributed by atoms with van der Waals surface area (Å²) in [4.78, 5) is 32.9. The first kappa shape index (κ1) is 24.5. The number of likely N-dealkylation sites (N-methyl/N-ethyl adjacent to an activating group) is 1. The monoisotopic (exact) mass is 464 g/mol. The van der Waals surface area contributed by atoms with Gasteiger partial charge < -0.3 is 14.7 Å². The molecule has 0 atom stereocenters. The van der Waals surface area contributed by atoms with Gasteiger partial charge in [-0.2, -0.15) is 0 Å². The lowest BCUT2D eigenvalue weighted by Crippen LogP contribution is -2.57. The number of rotatable bonds is 7. The van der Waals surface area contributed by atoms with Crippen LogP contribution in [0, 0.1) is 0 Å². The van der Waals surface area contributed by atoms with E-state index in [4.69, 9.17) is 0 Å². The van der Waals surface area contributed by atoms with Crippen molar-refractivity contribution in [3.05, 3.63) is 35.9 Å². The van der Waals surface area contributed by atoms with Gasteiger partial charge in [0.15, 0.2) is 0 Å². The van der Waals surface area contributed by atoms with Crippen LogP contribution in [-0.4, -0.2) is 105 Å². The van der Waals surface area contributed by atoms with Crippen LogP contribution >= 0.6 is 0 Å². The van der Waals surface area contributed by atoms with Crippen LogP contribution < -0.4 is 0 Å². The molecule has 0 aromatic heterocycles. The number of amides is 3. The van der Waals surface area contributed by atoms with E-state index in [2.05, 4.69) is 43.3 Å². The molecule has 1 saturated carbocycles. The molecule has 0 bridgehead atoms. The van der Waals surface area contributed by atoms with E-state index in [0.29, 0.717) is 6.54 Å². The molecule has 1 aliphatic heterocycles. The topological polar surface area (TPSA) is 81.2 Å². The van der Waals surface area contributed by atoms with Gasteiger partial charge in [0.2, 0.25) is 5.91 Å². The normalized spacial score (nSPS) is 26.2. The summed E-state index contributed by atoms with van der Waals surface area (Å²) in [5.74, 6) is -0.203. The summed E-state index contributed by atoms with van der Waals surface area (Å²) in [5, 5.41) is 0. The molecule has 2 fully saturated rings. The van der Waals surface area contributed by atoms with Gasteiger partial charge >= 0.3 is 6.03 Å². The van der Waals surface area contributed by atoms with Gasteiger partial charge in [-0.3, -0.25) is 9.69 Å². The first-order valence-electron chi connectivity index (χ1n) is 11.1. The fourth-order valence-electron chi connectivity index (χ4n) is 5.14. The third-order valence-electron chi connectivity index (χ3n) is 7.26. The van der Waals surface area contributed by atoms with E-state index in [0.717, 1.165) is 25.7 Å². The van der Waals surface area contributed by atoms with Crippen molar-refractivity contribution in [2.45, 2.75) is 36.8 Å². The van der Waals surface area contributed by atoms with Crippen LogP contribution in [0.15, 0.2) is 30.3 Å². The Morgan fingerprint density at radius 3 is 2.12 bits per heavy atom. The SMILES string of the molecule is CN(C)C(=O)CN1C(=O)N(CCS(C)(=O)=O)C[C@]12CC[C@](c1ccccc1)(N(C)C)CC2. The van der Waals surface area contributed by atoms with Crippen LogP contribution in [0.2, 0.25) is 0 Å². The fraction of sp³-hybridized carbons (Fsp3) is 0.652. The van der Waals surface area contributed by atoms with Gasteiger partial charge in [-0.25, -0.2) is 13.2 Å². The van der Waals surface area contributed by atoms with Crippen LogP contribution in [0.5, 0.6) is 0 Å². The molecule has 3 rings (SSSR count). The smallest absolute Gasteiger partial charge is 0.321 e. The molecular formula is C23H36N4O4S. The average molecular weight is 465 g/mol. The molecule has 9 heteroatoms. The average Bonchev–Trinajstić information content (AvgIpc) is 2.98. The standard InChI is InChI=1S/C23H36N4O4S/c1-24(2)20(28)17-27-21(29)26(15-16-32(5,30)31)18-22(27)11-13-23(14-12-22,25(3)4)19-9-7-6-8-10-19/h6-10H,11-18H2,1-5H3/t22-,23+. The second-order valence-corrected chi connectivity index (χ2v) is 12.0. The zero-order chi connectivity index (χ0) is 23.7. The molecule has 32 heavy (non-hydrogen) atoms. The van der Waals surface area contributed by atoms with Crippen molar-refractivity contribution in [2.75, 3.05) is 59.8 Å². The van der Waals surface area contributed by atoms with E-state index in [1.165, 1.54) is 16.7 Å². The maximum absolute atomic E-state index is 13.3. The third kappa shape index (κ3) is 4.78. The second kappa shape index (κ2) is 9.02. The van der Waals surface area contributed by atoms with Crippen LogP contribution in [0.4, 0.5) is 4.79 Å². The minimum atomic E-state index is -3.19. The lowest BCUT2D eigenvalue weighted by Gasteiger charge is -2.51. The number of nitrogens with zero attached hydrogens (tertiary/aromatic N) is 4. The maximum Gasteiger partial charge on any atom is 0.321 e. The summed E-state index contributed by atoms with van der Waals surface area (Å²) in [6.07, 6.45) is 4.39. The third-order valence-corrected chi connectivity index (χ3v) is 8.18. The number of carbonyl (C=O) groups is 2. The summed E-state index contributed by atoms with van der Waals surface area (Å²) in [7, 11) is 4.37. The van der Waals surface area contributed by atoms with Crippen molar-refractivity contribution in [3.63, 3.8) is 0 Å². The summed E-state index contributed by atoms with van der Waals surface area (Å²) in [6, 6.07) is 10.2. The Labute approximate surface area is 192 Å². The van der Waals surface area contributed by atoms with Gasteiger partial charge in [0, 0.05) is 39.0 Å². The van der Waals surface area contributed by atoms with E-state index in [9.17, 15) is 18.0 Å². The number of carbonyl (C=O) groups excluding carboxylic acids is 2.